The maximum Gasteiger partial charge on any atom is 0.187 e. The fraction of sp³-hybridized carbons (Fsp3) is 0.400. The molecule has 0 aromatic heterocycles. The summed E-state index contributed by atoms with van der Waals surface area (Å²) in [5, 5.41) is 0. The van der Waals surface area contributed by atoms with Gasteiger partial charge in [0.05, 0.1) is 46.2 Å². The van der Waals surface area contributed by atoms with Crippen LogP contribution >= 0.6 is 0 Å². The summed E-state index contributed by atoms with van der Waals surface area (Å²) in [7, 11) is 0. The molecule has 0 saturated carbocycles. The van der Waals surface area contributed by atoms with Crippen LogP contribution in [0.4, 0.5) is 0 Å². The highest BCUT2D eigenvalue weighted by atomic mass is 16.8. The molecular formula is C40H46O8. The van der Waals surface area contributed by atoms with Gasteiger partial charge in [-0.25, -0.2) is 0 Å². The van der Waals surface area contributed by atoms with Gasteiger partial charge in [-0.3, -0.25) is 0 Å². The molecule has 4 aromatic carbocycles. The fourth-order valence-corrected chi connectivity index (χ4v) is 5.93. The minimum absolute atomic E-state index is 0.248. The number of hydrogen-bond acceptors (Lipinski definition) is 8. The molecule has 2 saturated heterocycles. The van der Waals surface area contributed by atoms with Crippen LogP contribution in [-0.2, 0) is 64.3 Å². The predicted octanol–water partition coefficient (Wildman–Crippen LogP) is 6.85. The summed E-state index contributed by atoms with van der Waals surface area (Å²) in [6.07, 6.45) is -3.27. The predicted molar refractivity (Wildman–Crippen MR) is 181 cm³/mol. The molecule has 1 unspecified atom stereocenters. The maximum absolute atomic E-state index is 6.78. The molecule has 2 aliphatic heterocycles. The van der Waals surface area contributed by atoms with Crippen LogP contribution in [0.5, 0.6) is 0 Å². The zero-order valence-corrected chi connectivity index (χ0v) is 27.7. The SMILES string of the molecule is CC1(C)OCC(CO[C@@H]2O[C@H](COCc3ccccc3)[C@@H](OCc3ccccc3)[C@H](OCc3ccccc3)[C@@H]2OCc2ccccc2)O1. The van der Waals surface area contributed by atoms with E-state index in [0.717, 1.165) is 22.3 Å². The van der Waals surface area contributed by atoms with Gasteiger partial charge in [0.1, 0.15) is 30.5 Å². The van der Waals surface area contributed by atoms with Gasteiger partial charge >= 0.3 is 0 Å². The van der Waals surface area contributed by atoms with Gasteiger partial charge in [-0.15, -0.1) is 0 Å². The van der Waals surface area contributed by atoms with Crippen molar-refractivity contribution >= 4 is 0 Å². The lowest BCUT2D eigenvalue weighted by Gasteiger charge is -2.46. The molecule has 4 aromatic rings. The van der Waals surface area contributed by atoms with E-state index in [2.05, 4.69) is 0 Å². The van der Waals surface area contributed by atoms with Crippen molar-refractivity contribution in [1.29, 1.82) is 0 Å². The minimum atomic E-state index is -0.788. The first-order chi connectivity index (χ1) is 23.5. The second-order valence-electron chi connectivity index (χ2n) is 12.6. The van der Waals surface area contributed by atoms with E-state index in [1.165, 1.54) is 0 Å². The average Bonchev–Trinajstić information content (AvgIpc) is 3.48. The topological polar surface area (TPSA) is 73.8 Å². The lowest BCUT2D eigenvalue weighted by molar-refractivity contribution is -0.331. The van der Waals surface area contributed by atoms with E-state index in [4.69, 9.17) is 37.9 Å². The summed E-state index contributed by atoms with van der Waals surface area (Å²) in [6.45, 7) is 6.26. The standard InChI is InChI=1S/C40H46O8/c1-40(2)46-28-34(48-40)27-45-39-38(44-26-33-21-13-6-14-22-33)37(43-25-32-19-11-5-12-20-32)36(42-24-31-17-9-4-10-18-31)35(47-39)29-41-23-30-15-7-3-8-16-30/h3-22,34-39H,23-29H2,1-2H3/t34?,35-,36-,37+,38+,39-/m1/s1. The highest BCUT2D eigenvalue weighted by Crippen LogP contribution is 2.32. The fourth-order valence-electron chi connectivity index (χ4n) is 5.93. The Hall–Kier alpha value is -3.44. The first-order valence-corrected chi connectivity index (χ1v) is 16.7. The highest BCUT2D eigenvalue weighted by Gasteiger charge is 2.49. The first-order valence-electron chi connectivity index (χ1n) is 16.7. The third kappa shape index (κ3) is 10.0. The van der Waals surface area contributed by atoms with Crippen molar-refractivity contribution in [2.24, 2.45) is 0 Å². The summed E-state index contributed by atoms with van der Waals surface area (Å²) in [4.78, 5) is 0. The van der Waals surface area contributed by atoms with Gasteiger partial charge in [0, 0.05) is 0 Å². The number of rotatable bonds is 16. The molecule has 0 bridgehead atoms. The molecule has 0 spiro atoms. The Morgan fingerprint density at radius 2 is 1.00 bits per heavy atom. The van der Waals surface area contributed by atoms with Crippen LogP contribution < -0.4 is 0 Å². The Morgan fingerprint density at radius 3 is 1.48 bits per heavy atom. The molecule has 0 N–H and O–H groups in total. The van der Waals surface area contributed by atoms with E-state index in [1.54, 1.807) is 0 Å². The van der Waals surface area contributed by atoms with E-state index < -0.39 is 36.5 Å². The largest absolute Gasteiger partial charge is 0.374 e. The van der Waals surface area contributed by atoms with Crippen LogP contribution in [0.3, 0.4) is 0 Å². The molecule has 0 amide bonds. The van der Waals surface area contributed by atoms with Gasteiger partial charge in [0.15, 0.2) is 12.1 Å². The Bertz CT molecular complexity index is 1470. The maximum atomic E-state index is 6.78. The highest BCUT2D eigenvalue weighted by molar-refractivity contribution is 5.16. The lowest BCUT2D eigenvalue weighted by Crippen LogP contribution is -2.62. The molecule has 2 aliphatic rings. The van der Waals surface area contributed by atoms with Gasteiger partial charge in [-0.2, -0.15) is 0 Å². The quantitative estimate of drug-likeness (QED) is 0.130. The molecule has 0 aliphatic carbocycles. The molecular weight excluding hydrogens is 608 g/mol. The molecule has 2 heterocycles. The zero-order valence-electron chi connectivity index (χ0n) is 27.7. The van der Waals surface area contributed by atoms with Gasteiger partial charge in [0.25, 0.3) is 0 Å². The molecule has 48 heavy (non-hydrogen) atoms. The van der Waals surface area contributed by atoms with Crippen molar-refractivity contribution in [3.05, 3.63) is 144 Å². The van der Waals surface area contributed by atoms with Crippen molar-refractivity contribution < 1.29 is 37.9 Å². The van der Waals surface area contributed by atoms with Crippen molar-refractivity contribution in [3.8, 4) is 0 Å². The van der Waals surface area contributed by atoms with Crippen LogP contribution in [0.15, 0.2) is 121 Å². The Morgan fingerprint density at radius 1 is 0.542 bits per heavy atom. The molecule has 6 rings (SSSR count). The summed E-state index contributed by atoms with van der Waals surface area (Å²) in [5.74, 6) is -0.670. The second kappa shape index (κ2) is 17.3. The second-order valence-corrected chi connectivity index (χ2v) is 12.6. The summed E-state index contributed by atoms with van der Waals surface area (Å²) < 4.78 is 51.6. The smallest absolute Gasteiger partial charge is 0.187 e. The molecule has 254 valence electrons. The minimum Gasteiger partial charge on any atom is -0.374 e. The molecule has 0 radical (unpaired) electrons. The normalized spacial score (nSPS) is 25.2. The van der Waals surface area contributed by atoms with Crippen LogP contribution in [0.1, 0.15) is 36.1 Å². The molecule has 2 fully saturated rings. The van der Waals surface area contributed by atoms with E-state index in [0.29, 0.717) is 33.0 Å². The Balaban J connectivity index is 1.28. The van der Waals surface area contributed by atoms with Gasteiger partial charge in [-0.1, -0.05) is 121 Å². The van der Waals surface area contributed by atoms with Gasteiger partial charge in [-0.05, 0) is 36.1 Å². The Labute approximate surface area is 283 Å². The zero-order chi connectivity index (χ0) is 33.0. The van der Waals surface area contributed by atoms with E-state index >= 15 is 0 Å². The monoisotopic (exact) mass is 654 g/mol. The molecule has 8 heteroatoms. The third-order valence-electron chi connectivity index (χ3n) is 8.35. The van der Waals surface area contributed by atoms with Crippen molar-refractivity contribution in [1.82, 2.24) is 0 Å². The first kappa shape index (κ1) is 34.4. The van der Waals surface area contributed by atoms with E-state index in [1.807, 2.05) is 135 Å². The molecule has 6 atom stereocenters. The van der Waals surface area contributed by atoms with Crippen molar-refractivity contribution in [2.45, 2.75) is 82.9 Å². The van der Waals surface area contributed by atoms with Crippen LogP contribution in [0.25, 0.3) is 0 Å². The number of hydrogen-bond donors (Lipinski definition) is 0. The Kier molecular flexibility index (Phi) is 12.4. The van der Waals surface area contributed by atoms with E-state index in [-0.39, 0.29) is 19.3 Å². The number of ether oxygens (including phenoxy) is 8. The van der Waals surface area contributed by atoms with Gasteiger partial charge < -0.3 is 37.9 Å². The van der Waals surface area contributed by atoms with Crippen LogP contribution in [-0.4, -0.2) is 62.4 Å². The van der Waals surface area contributed by atoms with E-state index in [9.17, 15) is 0 Å². The van der Waals surface area contributed by atoms with Crippen molar-refractivity contribution in [3.63, 3.8) is 0 Å². The third-order valence-corrected chi connectivity index (χ3v) is 8.35. The van der Waals surface area contributed by atoms with Crippen LogP contribution in [0, 0.1) is 0 Å². The lowest BCUT2D eigenvalue weighted by atomic mass is 9.97. The van der Waals surface area contributed by atoms with Gasteiger partial charge in [0.2, 0.25) is 0 Å². The van der Waals surface area contributed by atoms with Crippen LogP contribution in [0.2, 0.25) is 0 Å². The number of benzene rings is 4. The summed E-state index contributed by atoms with van der Waals surface area (Å²) >= 11 is 0. The van der Waals surface area contributed by atoms with Crippen molar-refractivity contribution in [2.75, 3.05) is 19.8 Å². The molecule has 8 nitrogen and oxygen atoms in total. The summed E-state index contributed by atoms with van der Waals surface area (Å²) in [5.41, 5.74) is 4.19. The average molecular weight is 655 g/mol. The summed E-state index contributed by atoms with van der Waals surface area (Å²) in [6, 6.07) is 40.4.